The molecule has 0 aliphatic rings. The molecular weight excluding hydrogens is 318 g/mol. The van der Waals surface area contributed by atoms with Crippen LogP contribution in [0, 0.1) is 0 Å². The number of benzene rings is 1. The highest BCUT2D eigenvalue weighted by atomic mass is 16.5. The zero-order chi connectivity index (χ0) is 18.5. The lowest BCUT2D eigenvalue weighted by Crippen LogP contribution is -2.39. The number of guanidine groups is 1. The molecule has 1 rings (SSSR count). The third kappa shape index (κ3) is 7.65. The van der Waals surface area contributed by atoms with Crippen molar-refractivity contribution >= 4 is 5.96 Å². The Morgan fingerprint density at radius 1 is 1.04 bits per heavy atom. The Morgan fingerprint density at radius 2 is 1.76 bits per heavy atom. The number of nitrogens with zero attached hydrogens (tertiary/aromatic N) is 1. The predicted molar refractivity (Wildman–Crippen MR) is 103 cm³/mol. The van der Waals surface area contributed by atoms with E-state index in [-0.39, 0.29) is 6.04 Å². The number of hydrogen-bond donors (Lipinski definition) is 2. The second kappa shape index (κ2) is 12.4. The summed E-state index contributed by atoms with van der Waals surface area (Å²) in [5.74, 6) is 2.33. The van der Waals surface area contributed by atoms with Crippen molar-refractivity contribution in [2.24, 2.45) is 4.99 Å². The van der Waals surface area contributed by atoms with Crippen LogP contribution in [-0.2, 0) is 4.74 Å². The van der Waals surface area contributed by atoms with E-state index in [2.05, 4.69) is 35.5 Å². The average Bonchev–Trinajstić information content (AvgIpc) is 2.60. The third-order valence-electron chi connectivity index (χ3n) is 3.47. The molecular formula is C19H33N3O3. The molecule has 0 radical (unpaired) electrons. The second-order valence-corrected chi connectivity index (χ2v) is 5.40. The summed E-state index contributed by atoms with van der Waals surface area (Å²) in [4.78, 5) is 4.54. The van der Waals surface area contributed by atoms with Crippen LogP contribution in [0.2, 0.25) is 0 Å². The number of aliphatic imine (C=N–C) groups is 1. The van der Waals surface area contributed by atoms with E-state index in [4.69, 9.17) is 14.2 Å². The van der Waals surface area contributed by atoms with Gasteiger partial charge in [-0.25, -0.2) is 0 Å². The Morgan fingerprint density at radius 3 is 2.40 bits per heavy atom. The van der Waals surface area contributed by atoms with Gasteiger partial charge in [0.15, 0.2) is 17.5 Å². The Labute approximate surface area is 152 Å². The molecule has 0 saturated heterocycles. The first-order valence-corrected chi connectivity index (χ1v) is 9.18. The van der Waals surface area contributed by atoms with Crippen LogP contribution in [0.15, 0.2) is 23.2 Å². The van der Waals surface area contributed by atoms with Gasteiger partial charge < -0.3 is 24.8 Å². The highest BCUT2D eigenvalue weighted by Gasteiger charge is 2.12. The van der Waals surface area contributed by atoms with Gasteiger partial charge in [-0.05, 0) is 52.3 Å². The van der Waals surface area contributed by atoms with E-state index in [0.717, 1.165) is 29.6 Å². The van der Waals surface area contributed by atoms with E-state index in [1.54, 1.807) is 0 Å². The molecule has 142 valence electrons. The lowest BCUT2D eigenvalue weighted by atomic mass is 10.1. The summed E-state index contributed by atoms with van der Waals surface area (Å²) >= 11 is 0. The lowest BCUT2D eigenvalue weighted by Gasteiger charge is -2.20. The van der Waals surface area contributed by atoms with E-state index >= 15 is 0 Å². The maximum absolute atomic E-state index is 5.71. The Bertz CT molecular complexity index is 521. The molecule has 0 bridgehead atoms. The summed E-state index contributed by atoms with van der Waals surface area (Å²) in [7, 11) is 0. The number of hydrogen-bond acceptors (Lipinski definition) is 4. The SMILES string of the molecule is CCNC(=NCCOCC)NC(C)c1ccc(OCC)c(OCC)c1. The van der Waals surface area contributed by atoms with Crippen LogP contribution in [0.1, 0.15) is 46.2 Å². The monoisotopic (exact) mass is 351 g/mol. The molecule has 0 saturated carbocycles. The van der Waals surface area contributed by atoms with E-state index in [9.17, 15) is 0 Å². The Kier molecular flexibility index (Phi) is 10.5. The standard InChI is InChI=1S/C19H33N3O3/c1-6-20-19(21-12-13-23-7-2)22-15(5)16-10-11-17(24-8-3)18(14-16)25-9-4/h10-11,14-15H,6-9,12-13H2,1-5H3,(H2,20,21,22). The summed E-state index contributed by atoms with van der Waals surface area (Å²) in [6, 6.07) is 6.12. The normalized spacial score (nSPS) is 12.6. The van der Waals surface area contributed by atoms with Crippen molar-refractivity contribution in [2.45, 2.75) is 40.7 Å². The second-order valence-electron chi connectivity index (χ2n) is 5.40. The van der Waals surface area contributed by atoms with Crippen molar-refractivity contribution in [2.75, 3.05) is 39.5 Å². The molecule has 1 atom stereocenters. The van der Waals surface area contributed by atoms with Crippen LogP contribution in [-0.4, -0.2) is 45.5 Å². The van der Waals surface area contributed by atoms with Crippen LogP contribution < -0.4 is 20.1 Å². The third-order valence-corrected chi connectivity index (χ3v) is 3.47. The first-order valence-electron chi connectivity index (χ1n) is 9.18. The summed E-state index contributed by atoms with van der Waals surface area (Å²) in [5, 5.41) is 6.68. The molecule has 1 unspecified atom stereocenters. The lowest BCUT2D eigenvalue weighted by molar-refractivity contribution is 0.155. The van der Waals surface area contributed by atoms with E-state index in [0.29, 0.717) is 33.0 Å². The van der Waals surface area contributed by atoms with Crippen molar-refractivity contribution in [1.29, 1.82) is 0 Å². The highest BCUT2D eigenvalue weighted by molar-refractivity contribution is 5.80. The summed E-state index contributed by atoms with van der Waals surface area (Å²) < 4.78 is 16.7. The van der Waals surface area contributed by atoms with Crippen LogP contribution in [0.3, 0.4) is 0 Å². The van der Waals surface area contributed by atoms with Gasteiger partial charge in [-0.1, -0.05) is 6.07 Å². The fraction of sp³-hybridized carbons (Fsp3) is 0.632. The quantitative estimate of drug-likeness (QED) is 0.364. The maximum atomic E-state index is 5.71. The molecule has 0 heterocycles. The van der Waals surface area contributed by atoms with Crippen molar-refractivity contribution < 1.29 is 14.2 Å². The smallest absolute Gasteiger partial charge is 0.191 e. The molecule has 1 aromatic rings. The number of rotatable bonds is 11. The predicted octanol–water partition coefficient (Wildman–Crippen LogP) is 3.14. The number of nitrogens with one attached hydrogen (secondary N) is 2. The average molecular weight is 351 g/mol. The summed E-state index contributed by atoms with van der Waals surface area (Å²) in [5.41, 5.74) is 1.11. The zero-order valence-corrected chi connectivity index (χ0v) is 16.2. The molecule has 0 aliphatic heterocycles. The fourth-order valence-electron chi connectivity index (χ4n) is 2.31. The molecule has 1 aromatic carbocycles. The van der Waals surface area contributed by atoms with Crippen molar-refractivity contribution in [3.63, 3.8) is 0 Å². The van der Waals surface area contributed by atoms with Gasteiger partial charge in [-0.2, -0.15) is 0 Å². The van der Waals surface area contributed by atoms with Crippen molar-refractivity contribution in [3.8, 4) is 11.5 Å². The molecule has 6 nitrogen and oxygen atoms in total. The topological polar surface area (TPSA) is 64.1 Å². The fourth-order valence-corrected chi connectivity index (χ4v) is 2.31. The summed E-state index contributed by atoms with van der Waals surface area (Å²) in [6.07, 6.45) is 0. The minimum atomic E-state index is 0.0831. The zero-order valence-electron chi connectivity index (χ0n) is 16.2. The highest BCUT2D eigenvalue weighted by Crippen LogP contribution is 2.30. The minimum Gasteiger partial charge on any atom is -0.490 e. The minimum absolute atomic E-state index is 0.0831. The van der Waals surface area contributed by atoms with Gasteiger partial charge in [0, 0.05) is 13.2 Å². The van der Waals surface area contributed by atoms with Crippen LogP contribution >= 0.6 is 0 Å². The molecule has 25 heavy (non-hydrogen) atoms. The van der Waals surface area contributed by atoms with Gasteiger partial charge in [0.05, 0.1) is 32.4 Å². The van der Waals surface area contributed by atoms with Gasteiger partial charge in [-0.3, -0.25) is 4.99 Å². The Hall–Kier alpha value is -1.95. The molecule has 0 amide bonds. The van der Waals surface area contributed by atoms with Crippen LogP contribution in [0.5, 0.6) is 11.5 Å². The van der Waals surface area contributed by atoms with Crippen molar-refractivity contribution in [1.82, 2.24) is 10.6 Å². The van der Waals surface area contributed by atoms with Gasteiger partial charge in [0.25, 0.3) is 0 Å². The molecule has 2 N–H and O–H groups in total. The first-order chi connectivity index (χ1) is 12.2. The van der Waals surface area contributed by atoms with Crippen LogP contribution in [0.4, 0.5) is 0 Å². The van der Waals surface area contributed by atoms with E-state index in [1.165, 1.54) is 0 Å². The van der Waals surface area contributed by atoms with Gasteiger partial charge in [-0.15, -0.1) is 0 Å². The van der Waals surface area contributed by atoms with Gasteiger partial charge in [0.1, 0.15) is 0 Å². The molecule has 0 aromatic heterocycles. The maximum Gasteiger partial charge on any atom is 0.191 e. The largest absolute Gasteiger partial charge is 0.490 e. The Balaban J connectivity index is 2.81. The number of ether oxygens (including phenoxy) is 3. The van der Waals surface area contributed by atoms with Gasteiger partial charge in [0.2, 0.25) is 0 Å². The molecule has 0 fully saturated rings. The van der Waals surface area contributed by atoms with E-state index < -0.39 is 0 Å². The summed E-state index contributed by atoms with van der Waals surface area (Å²) in [6.45, 7) is 14.1. The molecule has 0 spiro atoms. The molecule has 6 heteroatoms. The van der Waals surface area contributed by atoms with Crippen molar-refractivity contribution in [3.05, 3.63) is 23.8 Å². The van der Waals surface area contributed by atoms with E-state index in [1.807, 2.05) is 32.9 Å². The molecule has 0 aliphatic carbocycles. The van der Waals surface area contributed by atoms with Gasteiger partial charge >= 0.3 is 0 Å². The first kappa shape index (κ1) is 21.1. The van der Waals surface area contributed by atoms with Crippen LogP contribution in [0.25, 0.3) is 0 Å².